The molecular formula is C19H22N2O5. The van der Waals surface area contributed by atoms with Gasteiger partial charge in [0.25, 0.3) is 0 Å². The largest absolute Gasteiger partial charge is 0.497 e. The van der Waals surface area contributed by atoms with Crippen molar-refractivity contribution in [1.82, 2.24) is 0 Å². The lowest BCUT2D eigenvalue weighted by atomic mass is 10.2. The van der Waals surface area contributed by atoms with Crippen LogP contribution in [0.3, 0.4) is 0 Å². The monoisotopic (exact) mass is 358 g/mol. The van der Waals surface area contributed by atoms with Gasteiger partial charge in [0.1, 0.15) is 11.5 Å². The summed E-state index contributed by atoms with van der Waals surface area (Å²) in [5, 5.41) is 5.77. The molecule has 0 aliphatic carbocycles. The molecule has 1 amide bonds. The topological polar surface area (TPSA) is 85.9 Å². The Morgan fingerprint density at radius 1 is 1.00 bits per heavy atom. The van der Waals surface area contributed by atoms with Crippen LogP contribution in [0.1, 0.15) is 17.3 Å². The number of hydrogen-bond acceptors (Lipinski definition) is 6. The van der Waals surface area contributed by atoms with Crippen molar-refractivity contribution >= 4 is 23.3 Å². The van der Waals surface area contributed by atoms with Gasteiger partial charge in [0.05, 0.1) is 38.6 Å². The summed E-state index contributed by atoms with van der Waals surface area (Å²) in [4.78, 5) is 23.7. The van der Waals surface area contributed by atoms with E-state index in [2.05, 4.69) is 10.6 Å². The second-order valence-corrected chi connectivity index (χ2v) is 5.27. The van der Waals surface area contributed by atoms with Gasteiger partial charge in [0, 0.05) is 11.8 Å². The Morgan fingerprint density at radius 2 is 1.73 bits per heavy atom. The molecule has 0 atom stereocenters. The summed E-state index contributed by atoms with van der Waals surface area (Å²) in [7, 11) is 3.12. The minimum absolute atomic E-state index is 0.0579. The van der Waals surface area contributed by atoms with Crippen LogP contribution in [-0.2, 0) is 9.53 Å². The second-order valence-electron chi connectivity index (χ2n) is 5.27. The fourth-order valence-electron chi connectivity index (χ4n) is 2.23. The maximum absolute atomic E-state index is 12.1. The Kier molecular flexibility index (Phi) is 6.84. The summed E-state index contributed by atoms with van der Waals surface area (Å²) < 4.78 is 15.3. The van der Waals surface area contributed by atoms with Gasteiger partial charge < -0.3 is 24.8 Å². The van der Waals surface area contributed by atoms with Crippen LogP contribution >= 0.6 is 0 Å². The zero-order valence-electron chi connectivity index (χ0n) is 15.0. The zero-order valence-corrected chi connectivity index (χ0v) is 15.0. The first-order chi connectivity index (χ1) is 12.6. The molecule has 2 N–H and O–H groups in total. The third-order valence-electron chi connectivity index (χ3n) is 3.53. The number of benzene rings is 2. The molecule has 0 aromatic heterocycles. The lowest BCUT2D eigenvalue weighted by Crippen LogP contribution is -2.22. The molecule has 2 rings (SSSR count). The molecule has 0 saturated heterocycles. The predicted molar refractivity (Wildman–Crippen MR) is 99.1 cm³/mol. The summed E-state index contributed by atoms with van der Waals surface area (Å²) in [5.41, 5.74) is 1.71. The van der Waals surface area contributed by atoms with Crippen molar-refractivity contribution in [3.05, 3.63) is 48.0 Å². The first kappa shape index (κ1) is 19.1. The molecule has 138 valence electrons. The van der Waals surface area contributed by atoms with E-state index >= 15 is 0 Å². The minimum atomic E-state index is -0.390. The maximum Gasteiger partial charge on any atom is 0.338 e. The van der Waals surface area contributed by atoms with Gasteiger partial charge in [-0.05, 0) is 43.3 Å². The van der Waals surface area contributed by atoms with Gasteiger partial charge in [0.15, 0.2) is 0 Å². The van der Waals surface area contributed by atoms with Crippen molar-refractivity contribution in [2.75, 3.05) is 38.0 Å². The Hall–Kier alpha value is -3.22. The van der Waals surface area contributed by atoms with E-state index in [9.17, 15) is 9.59 Å². The van der Waals surface area contributed by atoms with Gasteiger partial charge in [0.2, 0.25) is 5.91 Å². The summed E-state index contributed by atoms with van der Waals surface area (Å²) in [6.07, 6.45) is 0. The van der Waals surface area contributed by atoms with Gasteiger partial charge in [-0.3, -0.25) is 4.79 Å². The highest BCUT2D eigenvalue weighted by Crippen LogP contribution is 2.28. The Balaban J connectivity index is 1.92. The van der Waals surface area contributed by atoms with Crippen molar-refractivity contribution in [2.45, 2.75) is 6.92 Å². The smallest absolute Gasteiger partial charge is 0.338 e. The van der Waals surface area contributed by atoms with E-state index in [0.29, 0.717) is 35.0 Å². The fourth-order valence-corrected chi connectivity index (χ4v) is 2.23. The van der Waals surface area contributed by atoms with Gasteiger partial charge in [-0.2, -0.15) is 0 Å². The molecule has 0 heterocycles. The number of rotatable bonds is 8. The average Bonchev–Trinajstić information content (AvgIpc) is 2.67. The summed E-state index contributed by atoms with van der Waals surface area (Å²) in [5.74, 6) is 0.625. The van der Waals surface area contributed by atoms with E-state index in [-0.39, 0.29) is 12.5 Å². The number of hydrogen-bond donors (Lipinski definition) is 2. The number of nitrogens with one attached hydrogen (secondary N) is 2. The molecule has 0 bridgehead atoms. The van der Waals surface area contributed by atoms with Crippen LogP contribution in [-0.4, -0.2) is 39.2 Å². The standard InChI is InChI=1S/C19H22N2O5/c1-4-26-19(23)13-5-7-14(8-6-13)21-18(22)12-20-16-10-9-15(24-2)11-17(16)25-3/h5-11,20H,4,12H2,1-3H3,(H,21,22). The second kappa shape index (κ2) is 9.31. The van der Waals surface area contributed by atoms with E-state index < -0.39 is 5.97 Å². The molecule has 0 radical (unpaired) electrons. The van der Waals surface area contributed by atoms with Gasteiger partial charge in [-0.15, -0.1) is 0 Å². The van der Waals surface area contributed by atoms with Gasteiger partial charge in [-0.1, -0.05) is 0 Å². The molecule has 2 aromatic carbocycles. The van der Waals surface area contributed by atoms with E-state index in [1.54, 1.807) is 63.6 Å². The van der Waals surface area contributed by atoms with Crippen LogP contribution < -0.4 is 20.1 Å². The third-order valence-corrected chi connectivity index (χ3v) is 3.53. The van der Waals surface area contributed by atoms with Crippen molar-refractivity contribution < 1.29 is 23.8 Å². The van der Waals surface area contributed by atoms with Crippen molar-refractivity contribution in [2.24, 2.45) is 0 Å². The summed E-state index contributed by atoms with van der Waals surface area (Å²) in [6, 6.07) is 11.8. The molecular weight excluding hydrogens is 336 g/mol. The summed E-state index contributed by atoms with van der Waals surface area (Å²) in [6.45, 7) is 2.12. The van der Waals surface area contributed by atoms with Crippen molar-refractivity contribution in [3.8, 4) is 11.5 Å². The average molecular weight is 358 g/mol. The molecule has 0 aliphatic heterocycles. The Morgan fingerprint density at radius 3 is 2.35 bits per heavy atom. The van der Waals surface area contributed by atoms with Gasteiger partial charge >= 0.3 is 5.97 Å². The molecule has 7 heteroatoms. The van der Waals surface area contributed by atoms with Gasteiger partial charge in [-0.25, -0.2) is 4.79 Å². The minimum Gasteiger partial charge on any atom is -0.497 e. The number of esters is 1. The fraction of sp³-hybridized carbons (Fsp3) is 0.263. The van der Waals surface area contributed by atoms with E-state index in [4.69, 9.17) is 14.2 Å². The lowest BCUT2D eigenvalue weighted by molar-refractivity contribution is -0.114. The molecule has 0 aliphatic rings. The van der Waals surface area contributed by atoms with Crippen molar-refractivity contribution in [3.63, 3.8) is 0 Å². The molecule has 2 aromatic rings. The number of carbonyl (C=O) groups excluding carboxylic acids is 2. The number of ether oxygens (including phenoxy) is 3. The number of methoxy groups -OCH3 is 2. The molecule has 0 saturated carbocycles. The van der Waals surface area contributed by atoms with Crippen molar-refractivity contribution in [1.29, 1.82) is 0 Å². The molecule has 7 nitrogen and oxygen atoms in total. The number of amides is 1. The zero-order chi connectivity index (χ0) is 18.9. The molecule has 0 spiro atoms. The highest BCUT2D eigenvalue weighted by Gasteiger charge is 2.09. The number of anilines is 2. The Labute approximate surface area is 152 Å². The van der Waals surface area contributed by atoms with E-state index in [1.807, 2.05) is 0 Å². The summed E-state index contributed by atoms with van der Waals surface area (Å²) >= 11 is 0. The molecule has 0 unspecified atom stereocenters. The first-order valence-electron chi connectivity index (χ1n) is 8.10. The number of carbonyl (C=O) groups is 2. The van der Waals surface area contributed by atoms with Crippen LogP contribution in [0.25, 0.3) is 0 Å². The van der Waals surface area contributed by atoms with Crippen LogP contribution in [0.5, 0.6) is 11.5 Å². The van der Waals surface area contributed by atoms with E-state index in [1.165, 1.54) is 0 Å². The van der Waals surface area contributed by atoms with Crippen LogP contribution in [0.2, 0.25) is 0 Å². The SMILES string of the molecule is CCOC(=O)c1ccc(NC(=O)CNc2ccc(OC)cc2OC)cc1. The first-order valence-corrected chi connectivity index (χ1v) is 8.10. The van der Waals surface area contributed by atoms with Crippen LogP contribution in [0, 0.1) is 0 Å². The van der Waals surface area contributed by atoms with Crippen LogP contribution in [0.15, 0.2) is 42.5 Å². The van der Waals surface area contributed by atoms with Crippen LogP contribution in [0.4, 0.5) is 11.4 Å². The normalized spacial score (nSPS) is 9.96. The third kappa shape index (κ3) is 5.14. The Bertz CT molecular complexity index is 759. The van der Waals surface area contributed by atoms with E-state index in [0.717, 1.165) is 0 Å². The highest BCUT2D eigenvalue weighted by molar-refractivity contribution is 5.95. The lowest BCUT2D eigenvalue weighted by Gasteiger charge is -2.12. The molecule has 0 fully saturated rings. The quantitative estimate of drug-likeness (QED) is 0.706. The highest BCUT2D eigenvalue weighted by atomic mass is 16.5. The predicted octanol–water partition coefficient (Wildman–Crippen LogP) is 2.93. The molecule has 26 heavy (non-hydrogen) atoms. The maximum atomic E-state index is 12.1.